The molecule has 0 bridgehead atoms. The highest BCUT2D eigenvalue weighted by atomic mass is 32.2. The summed E-state index contributed by atoms with van der Waals surface area (Å²) in [4.78, 5) is 5.13. The van der Waals surface area contributed by atoms with Gasteiger partial charge >= 0.3 is 0 Å². The maximum atomic E-state index is 13.1. The number of aromatic nitrogens is 2. The van der Waals surface area contributed by atoms with Gasteiger partial charge in [-0.2, -0.15) is 4.31 Å². The van der Waals surface area contributed by atoms with Crippen molar-refractivity contribution >= 4 is 32.8 Å². The quantitative estimate of drug-likeness (QED) is 0.344. The van der Waals surface area contributed by atoms with E-state index < -0.39 is 10.0 Å². The van der Waals surface area contributed by atoms with Crippen molar-refractivity contribution < 1.29 is 22.6 Å². The normalized spacial score (nSPS) is 16.3. The Bertz CT molecular complexity index is 1240. The van der Waals surface area contributed by atoms with Gasteiger partial charge in [0.1, 0.15) is 11.5 Å². The van der Waals surface area contributed by atoms with Crippen LogP contribution in [-0.2, 0) is 27.1 Å². The summed E-state index contributed by atoms with van der Waals surface area (Å²) in [6.07, 6.45) is 2.18. The highest BCUT2D eigenvalue weighted by Crippen LogP contribution is 2.32. The summed E-state index contributed by atoms with van der Waals surface area (Å²) in [6.45, 7) is 6.00. The van der Waals surface area contributed by atoms with Gasteiger partial charge in [-0.1, -0.05) is 25.6 Å². The first-order chi connectivity index (χ1) is 16.9. The van der Waals surface area contributed by atoms with Gasteiger partial charge in [0, 0.05) is 31.5 Å². The summed E-state index contributed by atoms with van der Waals surface area (Å²) in [5, 5.41) is 0.828. The third-order valence-electron chi connectivity index (χ3n) is 6.22. The summed E-state index contributed by atoms with van der Waals surface area (Å²) >= 11 is 1.60. The van der Waals surface area contributed by atoms with Gasteiger partial charge in [-0.25, -0.2) is 13.4 Å². The molecular weight excluding hydrogens is 486 g/mol. The minimum atomic E-state index is -3.56. The van der Waals surface area contributed by atoms with Crippen molar-refractivity contribution in [3.8, 4) is 11.5 Å². The third-order valence-corrected chi connectivity index (χ3v) is 9.31. The van der Waals surface area contributed by atoms with Crippen LogP contribution in [0.2, 0.25) is 0 Å². The molecule has 0 radical (unpaired) electrons. The van der Waals surface area contributed by atoms with Crippen LogP contribution in [0.5, 0.6) is 11.5 Å². The molecule has 2 aromatic carbocycles. The van der Waals surface area contributed by atoms with Crippen LogP contribution in [0, 0.1) is 0 Å². The lowest BCUT2D eigenvalue weighted by molar-refractivity contribution is 0.0960. The number of hydrogen-bond acceptors (Lipinski definition) is 7. The van der Waals surface area contributed by atoms with E-state index in [-0.39, 0.29) is 11.0 Å². The standard InChI is InChI=1S/C25H33N3O5S2/c1-5-27(6-2)35(29,30)22-9-10-24-23(15-22)26-25(28(24)16-19-8-7-11-33-19)34-17-18-12-20(31-3)14-21(13-18)32-4/h9-10,12-15,19H,5-8,11,16-17H2,1-4H3/t19-/m1/s1. The molecule has 190 valence electrons. The minimum absolute atomic E-state index is 0.128. The molecule has 4 rings (SSSR count). The van der Waals surface area contributed by atoms with Crippen molar-refractivity contribution in [1.82, 2.24) is 13.9 Å². The second kappa shape index (κ2) is 11.2. The van der Waals surface area contributed by atoms with Crippen LogP contribution in [0.1, 0.15) is 32.3 Å². The Morgan fingerprint density at radius 1 is 1.11 bits per heavy atom. The molecule has 1 atom stereocenters. The van der Waals surface area contributed by atoms with Crippen molar-refractivity contribution in [3.05, 3.63) is 42.0 Å². The van der Waals surface area contributed by atoms with Gasteiger partial charge in [-0.15, -0.1) is 0 Å². The van der Waals surface area contributed by atoms with E-state index in [2.05, 4.69) is 4.57 Å². The number of thioether (sulfide) groups is 1. The van der Waals surface area contributed by atoms with Gasteiger partial charge in [0.25, 0.3) is 0 Å². The molecule has 0 saturated carbocycles. The van der Waals surface area contributed by atoms with Gasteiger partial charge in [0.15, 0.2) is 5.16 Å². The van der Waals surface area contributed by atoms with Crippen LogP contribution in [-0.4, -0.2) is 62.3 Å². The zero-order valence-electron chi connectivity index (χ0n) is 20.7. The van der Waals surface area contributed by atoms with E-state index in [0.717, 1.165) is 47.2 Å². The minimum Gasteiger partial charge on any atom is -0.497 e. The summed E-state index contributed by atoms with van der Waals surface area (Å²) in [5.41, 5.74) is 2.62. The summed E-state index contributed by atoms with van der Waals surface area (Å²) < 4.78 is 46.5. The molecule has 8 nitrogen and oxygen atoms in total. The molecule has 1 fully saturated rings. The number of methoxy groups -OCH3 is 2. The largest absolute Gasteiger partial charge is 0.497 e. The van der Waals surface area contributed by atoms with Gasteiger partial charge in [0.2, 0.25) is 10.0 Å². The molecule has 0 unspecified atom stereocenters. The molecule has 0 aliphatic carbocycles. The van der Waals surface area contributed by atoms with Crippen molar-refractivity contribution in [2.24, 2.45) is 0 Å². The Hall–Kier alpha value is -2.27. The Morgan fingerprint density at radius 2 is 1.83 bits per heavy atom. The number of sulfonamides is 1. The Kier molecular flexibility index (Phi) is 8.26. The summed E-state index contributed by atoms with van der Waals surface area (Å²) in [5.74, 6) is 2.13. The fourth-order valence-electron chi connectivity index (χ4n) is 4.34. The molecule has 1 aromatic heterocycles. The fraction of sp³-hybridized carbons (Fsp3) is 0.480. The monoisotopic (exact) mass is 519 g/mol. The number of benzene rings is 2. The van der Waals surface area contributed by atoms with E-state index in [1.54, 1.807) is 38.1 Å². The van der Waals surface area contributed by atoms with Gasteiger partial charge in [-0.05, 0) is 48.7 Å². The van der Waals surface area contributed by atoms with E-state index >= 15 is 0 Å². The van der Waals surface area contributed by atoms with Crippen molar-refractivity contribution in [3.63, 3.8) is 0 Å². The second-order valence-corrected chi connectivity index (χ2v) is 11.3. The molecule has 0 N–H and O–H groups in total. The van der Waals surface area contributed by atoms with Crippen LogP contribution >= 0.6 is 11.8 Å². The average Bonchev–Trinajstić information content (AvgIpc) is 3.51. The molecule has 1 aliphatic rings. The average molecular weight is 520 g/mol. The maximum absolute atomic E-state index is 13.1. The van der Waals surface area contributed by atoms with Crippen LogP contribution in [0.3, 0.4) is 0 Å². The van der Waals surface area contributed by atoms with Crippen LogP contribution in [0.25, 0.3) is 11.0 Å². The smallest absolute Gasteiger partial charge is 0.243 e. The molecular formula is C25H33N3O5S2. The predicted molar refractivity (Wildman–Crippen MR) is 138 cm³/mol. The third kappa shape index (κ3) is 5.61. The van der Waals surface area contributed by atoms with E-state index in [1.807, 2.05) is 38.1 Å². The first kappa shape index (κ1) is 25.8. The number of ether oxygens (including phenoxy) is 3. The number of fused-ring (bicyclic) bond motifs is 1. The topological polar surface area (TPSA) is 82.9 Å². The van der Waals surface area contributed by atoms with Crippen LogP contribution < -0.4 is 9.47 Å². The molecule has 2 heterocycles. The number of imidazole rings is 1. The lowest BCUT2D eigenvalue weighted by Gasteiger charge is -2.18. The Balaban J connectivity index is 1.69. The second-order valence-electron chi connectivity index (χ2n) is 8.39. The molecule has 1 aliphatic heterocycles. The fourth-order valence-corrected chi connectivity index (χ4v) is 6.77. The lowest BCUT2D eigenvalue weighted by Crippen LogP contribution is -2.30. The molecule has 3 aromatic rings. The first-order valence-corrected chi connectivity index (χ1v) is 14.3. The summed E-state index contributed by atoms with van der Waals surface area (Å²) in [6, 6.07) is 11.1. The zero-order valence-corrected chi connectivity index (χ0v) is 22.3. The van der Waals surface area contributed by atoms with Crippen LogP contribution in [0.15, 0.2) is 46.5 Å². The van der Waals surface area contributed by atoms with Crippen molar-refractivity contribution in [1.29, 1.82) is 0 Å². The SMILES string of the molecule is CCN(CC)S(=O)(=O)c1ccc2c(c1)nc(SCc1cc(OC)cc(OC)c1)n2C[C@H]1CCCO1. The highest BCUT2D eigenvalue weighted by molar-refractivity contribution is 7.98. The predicted octanol–water partition coefficient (Wildman–Crippen LogP) is 4.56. The number of hydrogen-bond donors (Lipinski definition) is 0. The van der Waals surface area contributed by atoms with Gasteiger partial charge in [0.05, 0.1) is 42.8 Å². The lowest BCUT2D eigenvalue weighted by atomic mass is 10.2. The Labute approximate surface area is 211 Å². The van der Waals surface area contributed by atoms with E-state index in [4.69, 9.17) is 19.2 Å². The number of nitrogens with zero attached hydrogens (tertiary/aromatic N) is 3. The maximum Gasteiger partial charge on any atom is 0.243 e. The molecule has 0 spiro atoms. The van der Waals surface area contributed by atoms with E-state index in [9.17, 15) is 8.42 Å². The molecule has 0 amide bonds. The van der Waals surface area contributed by atoms with Crippen molar-refractivity contribution in [2.75, 3.05) is 33.9 Å². The van der Waals surface area contributed by atoms with E-state index in [0.29, 0.717) is 30.9 Å². The van der Waals surface area contributed by atoms with Crippen molar-refractivity contribution in [2.45, 2.75) is 55.1 Å². The van der Waals surface area contributed by atoms with Gasteiger partial charge in [-0.3, -0.25) is 0 Å². The van der Waals surface area contributed by atoms with Gasteiger partial charge < -0.3 is 18.8 Å². The zero-order chi connectivity index (χ0) is 25.0. The number of rotatable bonds is 11. The first-order valence-electron chi connectivity index (χ1n) is 11.9. The molecule has 1 saturated heterocycles. The van der Waals surface area contributed by atoms with Crippen LogP contribution in [0.4, 0.5) is 0 Å². The van der Waals surface area contributed by atoms with E-state index in [1.165, 1.54) is 4.31 Å². The Morgan fingerprint density at radius 3 is 2.43 bits per heavy atom. The molecule has 35 heavy (non-hydrogen) atoms. The molecule has 10 heteroatoms. The highest BCUT2D eigenvalue weighted by Gasteiger charge is 2.24. The summed E-state index contributed by atoms with van der Waals surface area (Å²) in [7, 11) is -0.294.